The van der Waals surface area contributed by atoms with Crippen molar-refractivity contribution in [2.45, 2.75) is 13.5 Å². The monoisotopic (exact) mass is 778 g/mol. The van der Waals surface area contributed by atoms with Gasteiger partial charge in [-0.2, -0.15) is 0 Å². The molecular weight excluding hydrogens is 757 g/mol. The fourth-order valence-corrected chi connectivity index (χ4v) is 6.77. The van der Waals surface area contributed by atoms with Gasteiger partial charge in [-0.15, -0.1) is 0 Å². The number of hydrogen-bond acceptors (Lipinski definition) is 6. The van der Waals surface area contributed by atoms with Gasteiger partial charge in [-0.1, -0.05) is 59.3 Å². The fourth-order valence-electron chi connectivity index (χ4n) is 4.23. The number of nitrogens with zero attached hydrogens (tertiary/aromatic N) is 1. The third-order valence-electron chi connectivity index (χ3n) is 6.28. The lowest BCUT2D eigenvalue weighted by molar-refractivity contribution is -0.113. The van der Waals surface area contributed by atoms with Crippen LogP contribution in [0.15, 0.2) is 83.8 Å². The Bertz CT molecular complexity index is 1800. The van der Waals surface area contributed by atoms with E-state index in [4.69, 9.17) is 44.9 Å². The largest absolute Gasteiger partial charge is 0.490 e. The van der Waals surface area contributed by atoms with Gasteiger partial charge in [-0.05, 0) is 108 Å². The molecular formula is C32H22Cl2FIN2O4S2. The van der Waals surface area contributed by atoms with Gasteiger partial charge in [0, 0.05) is 26.9 Å². The lowest BCUT2D eigenvalue weighted by Gasteiger charge is -2.16. The molecule has 1 heterocycles. The number of hydrogen-bond donors (Lipinski definition) is 1. The number of halogens is 4. The maximum Gasteiger partial charge on any atom is 0.270 e. The highest BCUT2D eigenvalue weighted by molar-refractivity contribution is 14.1. The lowest BCUT2D eigenvalue weighted by Crippen LogP contribution is -2.27. The van der Waals surface area contributed by atoms with Crippen molar-refractivity contribution in [3.8, 4) is 11.5 Å². The second kappa shape index (κ2) is 14.3. The molecule has 1 N–H and O–H groups in total. The maximum atomic E-state index is 13.5. The molecule has 0 bridgehead atoms. The molecule has 1 aliphatic rings. The van der Waals surface area contributed by atoms with E-state index in [9.17, 15) is 14.0 Å². The zero-order valence-corrected chi connectivity index (χ0v) is 28.2. The van der Waals surface area contributed by atoms with Gasteiger partial charge in [0.15, 0.2) is 15.8 Å². The number of amides is 2. The predicted molar refractivity (Wildman–Crippen MR) is 188 cm³/mol. The summed E-state index contributed by atoms with van der Waals surface area (Å²) in [5.74, 6) is -0.0510. The van der Waals surface area contributed by atoms with Crippen molar-refractivity contribution in [3.05, 3.63) is 120 Å². The van der Waals surface area contributed by atoms with Crippen molar-refractivity contribution >= 4 is 103 Å². The molecule has 5 rings (SSSR count). The van der Waals surface area contributed by atoms with Crippen molar-refractivity contribution in [1.82, 2.24) is 0 Å². The highest BCUT2D eigenvalue weighted by Gasteiger charge is 2.33. The summed E-state index contributed by atoms with van der Waals surface area (Å²) in [5, 5.41) is 3.77. The first-order chi connectivity index (χ1) is 21.1. The minimum atomic E-state index is -0.405. The van der Waals surface area contributed by atoms with Gasteiger partial charge in [-0.3, -0.25) is 14.5 Å². The van der Waals surface area contributed by atoms with Gasteiger partial charge < -0.3 is 14.8 Å². The molecule has 0 radical (unpaired) electrons. The maximum absolute atomic E-state index is 13.5. The smallest absolute Gasteiger partial charge is 0.270 e. The van der Waals surface area contributed by atoms with Gasteiger partial charge in [0.25, 0.3) is 11.8 Å². The van der Waals surface area contributed by atoms with E-state index in [1.54, 1.807) is 48.5 Å². The fraction of sp³-hybridized carbons (Fsp3) is 0.0938. The number of benzene rings is 4. The molecule has 0 aliphatic carbocycles. The van der Waals surface area contributed by atoms with Gasteiger partial charge in [0.05, 0.1) is 20.8 Å². The average molecular weight is 779 g/mol. The van der Waals surface area contributed by atoms with Crippen molar-refractivity contribution in [2.75, 3.05) is 16.8 Å². The normalized spacial score (nSPS) is 13.8. The minimum absolute atomic E-state index is 0.213. The van der Waals surface area contributed by atoms with Crippen LogP contribution in [0.2, 0.25) is 10.0 Å². The van der Waals surface area contributed by atoms with Crippen molar-refractivity contribution in [3.63, 3.8) is 0 Å². The Hall–Kier alpha value is -3.16. The Balaban J connectivity index is 1.36. The van der Waals surface area contributed by atoms with Crippen LogP contribution >= 0.6 is 69.8 Å². The van der Waals surface area contributed by atoms with E-state index in [0.29, 0.717) is 54.3 Å². The topological polar surface area (TPSA) is 67.9 Å². The summed E-state index contributed by atoms with van der Waals surface area (Å²) in [5.41, 5.74) is 2.72. The van der Waals surface area contributed by atoms with Crippen LogP contribution in [0.5, 0.6) is 11.5 Å². The second-order valence-corrected chi connectivity index (χ2v) is 13.0. The van der Waals surface area contributed by atoms with Crippen LogP contribution in [0, 0.1) is 9.39 Å². The lowest BCUT2D eigenvalue weighted by atomic mass is 10.1. The van der Waals surface area contributed by atoms with Crippen molar-refractivity contribution in [1.29, 1.82) is 0 Å². The second-order valence-electron chi connectivity index (χ2n) is 9.32. The first-order valence-corrected chi connectivity index (χ1v) is 16.2. The molecule has 224 valence electrons. The highest BCUT2D eigenvalue weighted by atomic mass is 127. The standard InChI is InChI=1S/C32H22Cl2FIN2O4S2/c1-2-41-27-13-18(12-26(36)29(27)42-17-20-6-7-21(33)16-25(20)34)14-28-31(40)38(32(43)44-28)24-5-3-4-19(15-24)30(39)37-23-10-8-22(35)9-11-23/h3-16H,2,17H2,1H3,(H,37,39)/b28-14+. The highest BCUT2D eigenvalue weighted by Crippen LogP contribution is 2.39. The van der Waals surface area contributed by atoms with Crippen LogP contribution in [0.4, 0.5) is 15.8 Å². The van der Waals surface area contributed by atoms with Crippen molar-refractivity contribution < 1.29 is 23.5 Å². The quantitative estimate of drug-likeness (QED) is 0.104. The molecule has 4 aromatic rings. The summed E-state index contributed by atoms with van der Waals surface area (Å²) in [7, 11) is 0. The number of thioether (sulfide) groups is 1. The Morgan fingerprint density at radius 3 is 2.57 bits per heavy atom. The number of anilines is 2. The third-order valence-corrected chi connectivity index (χ3v) is 8.97. The van der Waals surface area contributed by atoms with Crippen LogP contribution in [0.25, 0.3) is 6.08 Å². The van der Waals surface area contributed by atoms with Crippen LogP contribution in [-0.4, -0.2) is 22.7 Å². The van der Waals surface area contributed by atoms with Crippen LogP contribution in [0.3, 0.4) is 0 Å². The molecule has 0 saturated carbocycles. The summed E-state index contributed by atoms with van der Waals surface area (Å²) in [6.07, 6.45) is 1.74. The predicted octanol–water partition coefficient (Wildman–Crippen LogP) is 9.37. The number of thiocarbonyl (C=S) groups is 1. The van der Waals surface area contributed by atoms with Crippen LogP contribution < -0.4 is 19.7 Å². The zero-order valence-electron chi connectivity index (χ0n) is 22.9. The SMILES string of the molecule is CCOc1cc(/C=C2/SC(=S)N(c3cccc(C(=O)Nc4ccc(F)cc4)c3)C2=O)cc(I)c1OCc1ccc(Cl)cc1Cl. The van der Waals surface area contributed by atoms with Crippen LogP contribution in [-0.2, 0) is 11.4 Å². The molecule has 12 heteroatoms. The van der Waals surface area contributed by atoms with E-state index in [1.807, 2.05) is 19.1 Å². The molecule has 0 unspecified atom stereocenters. The minimum Gasteiger partial charge on any atom is -0.490 e. The Kier molecular flexibility index (Phi) is 10.5. The Morgan fingerprint density at radius 1 is 1.07 bits per heavy atom. The molecule has 0 aromatic heterocycles. The third kappa shape index (κ3) is 7.55. The van der Waals surface area contributed by atoms with E-state index < -0.39 is 11.7 Å². The Labute approximate surface area is 286 Å². The molecule has 1 saturated heterocycles. The number of carbonyl (C=O) groups excluding carboxylic acids is 2. The van der Waals surface area contributed by atoms with E-state index in [-0.39, 0.29) is 12.5 Å². The summed E-state index contributed by atoms with van der Waals surface area (Å²) >= 11 is 21.2. The molecule has 1 fully saturated rings. The summed E-state index contributed by atoms with van der Waals surface area (Å²) < 4.78 is 26.3. The van der Waals surface area contributed by atoms with Gasteiger partial charge in [0.1, 0.15) is 12.4 Å². The molecule has 2 amide bonds. The van der Waals surface area contributed by atoms with Crippen LogP contribution in [0.1, 0.15) is 28.4 Å². The number of nitrogens with one attached hydrogen (secondary N) is 1. The van der Waals surface area contributed by atoms with E-state index in [0.717, 1.165) is 26.5 Å². The first kappa shape index (κ1) is 32.2. The first-order valence-electron chi connectivity index (χ1n) is 13.1. The molecule has 44 heavy (non-hydrogen) atoms. The average Bonchev–Trinajstić information content (AvgIpc) is 3.26. The number of ether oxygens (including phenoxy) is 2. The zero-order chi connectivity index (χ0) is 31.4. The Morgan fingerprint density at radius 2 is 1.84 bits per heavy atom. The summed E-state index contributed by atoms with van der Waals surface area (Å²) in [6, 6.07) is 20.9. The summed E-state index contributed by atoms with van der Waals surface area (Å²) in [4.78, 5) is 28.2. The van der Waals surface area contributed by atoms with Crippen molar-refractivity contribution in [2.24, 2.45) is 0 Å². The van der Waals surface area contributed by atoms with Gasteiger partial charge in [0.2, 0.25) is 0 Å². The molecule has 4 aromatic carbocycles. The number of rotatable bonds is 9. The molecule has 6 nitrogen and oxygen atoms in total. The summed E-state index contributed by atoms with van der Waals surface area (Å²) in [6.45, 7) is 2.49. The van der Waals surface area contributed by atoms with Gasteiger partial charge in [-0.25, -0.2) is 4.39 Å². The van der Waals surface area contributed by atoms with Gasteiger partial charge >= 0.3 is 0 Å². The molecule has 0 spiro atoms. The van der Waals surface area contributed by atoms with E-state index in [1.165, 1.54) is 29.2 Å². The molecule has 1 aliphatic heterocycles. The molecule has 0 atom stereocenters. The van der Waals surface area contributed by atoms with E-state index >= 15 is 0 Å². The van der Waals surface area contributed by atoms with E-state index in [2.05, 4.69) is 27.9 Å². The number of carbonyl (C=O) groups is 2.